The van der Waals surface area contributed by atoms with Gasteiger partial charge in [-0.2, -0.15) is 5.26 Å². The fourth-order valence-electron chi connectivity index (χ4n) is 2.56. The molecule has 0 bridgehead atoms. The van der Waals surface area contributed by atoms with E-state index in [4.69, 9.17) is 5.26 Å². The van der Waals surface area contributed by atoms with Gasteiger partial charge in [-0.1, -0.05) is 24.3 Å². The van der Waals surface area contributed by atoms with Crippen LogP contribution in [0.5, 0.6) is 0 Å². The predicted molar refractivity (Wildman–Crippen MR) is 82.2 cm³/mol. The highest BCUT2D eigenvalue weighted by Crippen LogP contribution is 2.32. The highest BCUT2D eigenvalue weighted by atomic mass is 16.1. The van der Waals surface area contributed by atoms with E-state index in [0.717, 1.165) is 16.8 Å². The van der Waals surface area contributed by atoms with Crippen molar-refractivity contribution in [3.05, 3.63) is 59.2 Å². The van der Waals surface area contributed by atoms with E-state index in [-0.39, 0.29) is 11.8 Å². The summed E-state index contributed by atoms with van der Waals surface area (Å²) in [5.74, 6) is -0.253. The maximum atomic E-state index is 12.5. The maximum Gasteiger partial charge on any atom is 0.233 e. The molecule has 3 rings (SSSR count). The first-order chi connectivity index (χ1) is 10.2. The average molecular weight is 277 g/mol. The number of hydrogen-bond donors (Lipinski definition) is 2. The Kier molecular flexibility index (Phi) is 3.33. The molecule has 0 radical (unpaired) electrons. The zero-order valence-electron chi connectivity index (χ0n) is 11.7. The smallest absolute Gasteiger partial charge is 0.233 e. The van der Waals surface area contributed by atoms with Crippen molar-refractivity contribution in [3.8, 4) is 6.07 Å². The molecule has 1 unspecified atom stereocenters. The van der Waals surface area contributed by atoms with Crippen LogP contribution >= 0.6 is 0 Å². The second kappa shape index (κ2) is 5.29. The summed E-state index contributed by atoms with van der Waals surface area (Å²) in [6.45, 7) is 2.51. The number of carbonyl (C=O) groups excluding carboxylic acids is 1. The fourth-order valence-corrected chi connectivity index (χ4v) is 2.56. The zero-order chi connectivity index (χ0) is 14.8. The first-order valence-electron chi connectivity index (χ1n) is 6.83. The average Bonchev–Trinajstić information content (AvgIpc) is 2.93. The van der Waals surface area contributed by atoms with Gasteiger partial charge < -0.3 is 10.6 Å². The third kappa shape index (κ3) is 2.46. The summed E-state index contributed by atoms with van der Waals surface area (Å²) in [6, 6.07) is 15.2. The topological polar surface area (TPSA) is 64.9 Å². The Hall–Kier alpha value is -2.80. The minimum absolute atomic E-state index is 0.0503. The van der Waals surface area contributed by atoms with Crippen molar-refractivity contribution in [2.45, 2.75) is 12.8 Å². The van der Waals surface area contributed by atoms with Gasteiger partial charge in [0.2, 0.25) is 5.91 Å². The van der Waals surface area contributed by atoms with E-state index in [1.807, 2.05) is 37.3 Å². The van der Waals surface area contributed by atoms with Gasteiger partial charge in [-0.3, -0.25) is 4.79 Å². The second-order valence-corrected chi connectivity index (χ2v) is 5.15. The van der Waals surface area contributed by atoms with Crippen molar-refractivity contribution >= 4 is 17.3 Å². The number of fused-ring (bicyclic) bond motifs is 1. The number of nitrogens with zero attached hydrogens (tertiary/aromatic N) is 1. The van der Waals surface area contributed by atoms with Gasteiger partial charge in [0.05, 0.1) is 17.6 Å². The molecule has 4 nitrogen and oxygen atoms in total. The quantitative estimate of drug-likeness (QED) is 0.886. The predicted octanol–water partition coefficient (Wildman–Crippen LogP) is 3.01. The molecule has 2 aromatic carbocycles. The minimum atomic E-state index is -0.202. The number of rotatable bonds is 2. The van der Waals surface area contributed by atoms with Gasteiger partial charge in [0.15, 0.2) is 0 Å². The summed E-state index contributed by atoms with van der Waals surface area (Å²) in [7, 11) is 0. The van der Waals surface area contributed by atoms with Crippen molar-refractivity contribution in [1.82, 2.24) is 0 Å². The van der Waals surface area contributed by atoms with Crippen LogP contribution in [0.3, 0.4) is 0 Å². The monoisotopic (exact) mass is 277 g/mol. The molecule has 0 spiro atoms. The Morgan fingerprint density at radius 3 is 2.95 bits per heavy atom. The molecular formula is C17H15N3O. The van der Waals surface area contributed by atoms with Gasteiger partial charge in [0.1, 0.15) is 0 Å². The first-order valence-corrected chi connectivity index (χ1v) is 6.83. The molecule has 104 valence electrons. The van der Waals surface area contributed by atoms with Gasteiger partial charge in [0.25, 0.3) is 0 Å². The largest absolute Gasteiger partial charge is 0.384 e. The van der Waals surface area contributed by atoms with Crippen LogP contribution < -0.4 is 10.6 Å². The lowest BCUT2D eigenvalue weighted by Crippen LogP contribution is -2.23. The van der Waals surface area contributed by atoms with E-state index in [9.17, 15) is 4.79 Å². The standard InChI is InChI=1S/C17H15N3O/c1-11-6-7-12(9-18)8-16(11)20-17(21)14-10-19-15-5-3-2-4-13(14)15/h2-8,14,19H,10H2,1H3,(H,20,21). The summed E-state index contributed by atoms with van der Waals surface area (Å²) in [5, 5.41) is 15.1. The lowest BCUT2D eigenvalue weighted by atomic mass is 10.00. The molecule has 1 heterocycles. The van der Waals surface area contributed by atoms with Crippen LogP contribution in [0.15, 0.2) is 42.5 Å². The van der Waals surface area contributed by atoms with Gasteiger partial charge in [-0.05, 0) is 36.2 Å². The second-order valence-electron chi connectivity index (χ2n) is 5.15. The normalized spacial score (nSPS) is 15.7. The van der Waals surface area contributed by atoms with Crippen molar-refractivity contribution in [3.63, 3.8) is 0 Å². The van der Waals surface area contributed by atoms with Crippen LogP contribution in [0, 0.1) is 18.3 Å². The van der Waals surface area contributed by atoms with Gasteiger partial charge in [-0.15, -0.1) is 0 Å². The van der Waals surface area contributed by atoms with Gasteiger partial charge >= 0.3 is 0 Å². The number of para-hydroxylation sites is 1. The van der Waals surface area contributed by atoms with Crippen molar-refractivity contribution < 1.29 is 4.79 Å². The van der Waals surface area contributed by atoms with E-state index in [2.05, 4.69) is 16.7 Å². The molecule has 1 atom stereocenters. The van der Waals surface area contributed by atoms with E-state index >= 15 is 0 Å². The highest BCUT2D eigenvalue weighted by Gasteiger charge is 2.28. The lowest BCUT2D eigenvalue weighted by Gasteiger charge is -2.13. The van der Waals surface area contributed by atoms with Crippen LogP contribution in [-0.4, -0.2) is 12.5 Å². The number of carbonyl (C=O) groups is 1. The molecule has 2 aromatic rings. The van der Waals surface area contributed by atoms with E-state index in [0.29, 0.717) is 17.8 Å². The van der Waals surface area contributed by atoms with E-state index in [1.54, 1.807) is 12.1 Å². The van der Waals surface area contributed by atoms with Crippen LogP contribution in [0.4, 0.5) is 11.4 Å². The highest BCUT2D eigenvalue weighted by molar-refractivity contribution is 5.98. The van der Waals surface area contributed by atoms with Crippen LogP contribution in [0.1, 0.15) is 22.6 Å². The first kappa shape index (κ1) is 13.2. The SMILES string of the molecule is Cc1ccc(C#N)cc1NC(=O)C1CNc2ccccc21. The number of benzene rings is 2. The zero-order valence-corrected chi connectivity index (χ0v) is 11.7. The third-order valence-corrected chi connectivity index (χ3v) is 3.77. The molecule has 1 aliphatic heterocycles. The molecule has 0 saturated heterocycles. The molecular weight excluding hydrogens is 262 g/mol. The molecule has 0 fully saturated rings. The van der Waals surface area contributed by atoms with E-state index < -0.39 is 0 Å². The molecule has 0 saturated carbocycles. The number of aryl methyl sites for hydroxylation is 1. The number of nitrogens with one attached hydrogen (secondary N) is 2. The van der Waals surface area contributed by atoms with Crippen LogP contribution in [0.2, 0.25) is 0 Å². The van der Waals surface area contributed by atoms with Gasteiger partial charge in [-0.25, -0.2) is 0 Å². The number of hydrogen-bond acceptors (Lipinski definition) is 3. The molecule has 4 heteroatoms. The number of anilines is 2. The molecule has 1 amide bonds. The van der Waals surface area contributed by atoms with Crippen LogP contribution in [-0.2, 0) is 4.79 Å². The molecule has 0 aromatic heterocycles. The Morgan fingerprint density at radius 1 is 1.33 bits per heavy atom. The van der Waals surface area contributed by atoms with Crippen molar-refractivity contribution in [2.75, 3.05) is 17.2 Å². The Balaban J connectivity index is 1.84. The maximum absolute atomic E-state index is 12.5. The molecule has 2 N–H and O–H groups in total. The Bertz CT molecular complexity index is 746. The van der Waals surface area contributed by atoms with Gasteiger partial charge in [0, 0.05) is 17.9 Å². The fraction of sp³-hybridized carbons (Fsp3) is 0.176. The summed E-state index contributed by atoms with van der Waals surface area (Å²) in [5.41, 5.74) is 4.22. The van der Waals surface area contributed by atoms with E-state index in [1.165, 1.54) is 0 Å². The number of nitriles is 1. The number of amides is 1. The van der Waals surface area contributed by atoms with Crippen LogP contribution in [0.25, 0.3) is 0 Å². The molecule has 0 aliphatic carbocycles. The summed E-state index contributed by atoms with van der Waals surface area (Å²) in [4.78, 5) is 12.5. The summed E-state index contributed by atoms with van der Waals surface area (Å²) < 4.78 is 0. The van der Waals surface area contributed by atoms with Crippen molar-refractivity contribution in [2.24, 2.45) is 0 Å². The summed E-state index contributed by atoms with van der Waals surface area (Å²) in [6.07, 6.45) is 0. The molecule has 1 aliphatic rings. The Labute approximate surface area is 123 Å². The summed E-state index contributed by atoms with van der Waals surface area (Å²) >= 11 is 0. The third-order valence-electron chi connectivity index (χ3n) is 3.77. The lowest BCUT2D eigenvalue weighted by molar-refractivity contribution is -0.117. The molecule has 21 heavy (non-hydrogen) atoms. The Morgan fingerprint density at radius 2 is 2.14 bits per heavy atom. The minimum Gasteiger partial charge on any atom is -0.384 e. The van der Waals surface area contributed by atoms with Crippen molar-refractivity contribution in [1.29, 1.82) is 5.26 Å².